The van der Waals surface area contributed by atoms with Crippen molar-refractivity contribution in [3.05, 3.63) is 53.4 Å². The number of piperazine rings is 1. The maximum absolute atomic E-state index is 5.59. The highest BCUT2D eigenvalue weighted by atomic mass is 127. The van der Waals surface area contributed by atoms with E-state index in [-0.39, 0.29) is 24.0 Å². The number of aryl methyl sites for hydroxylation is 1. The van der Waals surface area contributed by atoms with Crippen LogP contribution < -0.4 is 5.32 Å². The van der Waals surface area contributed by atoms with Gasteiger partial charge in [-0.2, -0.15) is 0 Å². The fourth-order valence-electron chi connectivity index (χ4n) is 4.32. The summed E-state index contributed by atoms with van der Waals surface area (Å²) < 4.78 is 10.5. The van der Waals surface area contributed by atoms with Crippen molar-refractivity contribution in [3.63, 3.8) is 0 Å². The molecule has 2 aliphatic rings. The van der Waals surface area contributed by atoms with Crippen LogP contribution in [0.5, 0.6) is 0 Å². The second-order valence-electron chi connectivity index (χ2n) is 8.26. The van der Waals surface area contributed by atoms with Gasteiger partial charge in [0.05, 0.1) is 24.9 Å². The number of nitrogens with zero attached hydrogens (tertiary/aromatic N) is 5. The fourth-order valence-corrected chi connectivity index (χ4v) is 4.32. The van der Waals surface area contributed by atoms with Crippen LogP contribution in [0.25, 0.3) is 0 Å². The second kappa shape index (κ2) is 12.5. The van der Waals surface area contributed by atoms with Crippen LogP contribution in [-0.2, 0) is 11.3 Å². The number of benzene rings is 1. The van der Waals surface area contributed by atoms with E-state index in [1.165, 1.54) is 11.1 Å². The lowest BCUT2D eigenvalue weighted by Crippen LogP contribution is -2.53. The van der Waals surface area contributed by atoms with Gasteiger partial charge in [-0.05, 0) is 12.5 Å². The second-order valence-corrected chi connectivity index (χ2v) is 8.26. The maximum Gasteiger partial charge on any atom is 0.193 e. The first-order valence-corrected chi connectivity index (χ1v) is 11.2. The first-order valence-electron chi connectivity index (χ1n) is 11.2. The summed E-state index contributed by atoms with van der Waals surface area (Å²) >= 11 is 0. The molecule has 2 fully saturated rings. The van der Waals surface area contributed by atoms with Gasteiger partial charge in [-0.25, -0.2) is 0 Å². The highest BCUT2D eigenvalue weighted by molar-refractivity contribution is 14.0. The van der Waals surface area contributed by atoms with Crippen LogP contribution in [0.4, 0.5) is 0 Å². The Hall–Kier alpha value is -1.69. The van der Waals surface area contributed by atoms with E-state index in [2.05, 4.69) is 61.4 Å². The van der Waals surface area contributed by atoms with Crippen molar-refractivity contribution in [2.24, 2.45) is 4.99 Å². The molecule has 1 atom stereocenters. The number of aromatic nitrogens is 1. The predicted octanol–water partition coefficient (Wildman–Crippen LogP) is 2.37. The monoisotopic (exact) mass is 554 g/mol. The molecule has 1 unspecified atom stereocenters. The summed E-state index contributed by atoms with van der Waals surface area (Å²) in [4.78, 5) is 11.9. The third-order valence-corrected chi connectivity index (χ3v) is 6.16. The van der Waals surface area contributed by atoms with Gasteiger partial charge in [0.1, 0.15) is 6.26 Å². The van der Waals surface area contributed by atoms with Crippen molar-refractivity contribution in [1.82, 2.24) is 25.2 Å². The largest absolute Gasteiger partial charge is 0.379 e. The Kier molecular flexibility index (Phi) is 9.76. The van der Waals surface area contributed by atoms with Gasteiger partial charge >= 0.3 is 0 Å². The Morgan fingerprint density at radius 2 is 1.78 bits per heavy atom. The van der Waals surface area contributed by atoms with Crippen LogP contribution in [0.3, 0.4) is 0 Å². The average Bonchev–Trinajstić information content (AvgIpc) is 3.32. The van der Waals surface area contributed by atoms with E-state index >= 15 is 0 Å². The third kappa shape index (κ3) is 6.66. The highest BCUT2D eigenvalue weighted by Gasteiger charge is 2.25. The van der Waals surface area contributed by atoms with Crippen LogP contribution in [0, 0.1) is 6.92 Å². The minimum absolute atomic E-state index is 0. The zero-order valence-corrected chi connectivity index (χ0v) is 21.4. The summed E-state index contributed by atoms with van der Waals surface area (Å²) in [6, 6.07) is 11.1. The molecule has 0 aliphatic carbocycles. The number of ether oxygens (including phenoxy) is 1. The van der Waals surface area contributed by atoms with Crippen LogP contribution >= 0.6 is 24.0 Å². The summed E-state index contributed by atoms with van der Waals surface area (Å²) in [5.41, 5.74) is 3.62. The summed E-state index contributed by atoms with van der Waals surface area (Å²) in [5, 5.41) is 7.69. The molecule has 0 bridgehead atoms. The van der Waals surface area contributed by atoms with Crippen molar-refractivity contribution in [2.75, 3.05) is 66.1 Å². The van der Waals surface area contributed by atoms with Gasteiger partial charge in [-0.15, -0.1) is 24.0 Å². The quantitative estimate of drug-likeness (QED) is 0.334. The first-order chi connectivity index (χ1) is 15.2. The molecule has 9 heteroatoms. The number of guanidine groups is 1. The lowest BCUT2D eigenvalue weighted by molar-refractivity contribution is 0.0168. The lowest BCUT2D eigenvalue weighted by atomic mass is 10.0. The van der Waals surface area contributed by atoms with Crippen LogP contribution in [0.15, 0.2) is 46.1 Å². The van der Waals surface area contributed by atoms with Crippen LogP contribution in [-0.4, -0.2) is 91.9 Å². The van der Waals surface area contributed by atoms with Gasteiger partial charge in [-0.3, -0.25) is 14.8 Å². The molecule has 0 spiro atoms. The highest BCUT2D eigenvalue weighted by Crippen LogP contribution is 2.22. The van der Waals surface area contributed by atoms with Gasteiger partial charge in [0.25, 0.3) is 0 Å². The van der Waals surface area contributed by atoms with E-state index in [0.29, 0.717) is 6.04 Å². The molecule has 1 N–H and O–H groups in total. The number of aliphatic imine (C=N–C) groups is 1. The molecule has 0 amide bonds. The number of rotatable bonds is 6. The lowest BCUT2D eigenvalue weighted by Gasteiger charge is -2.38. The van der Waals surface area contributed by atoms with Crippen molar-refractivity contribution in [3.8, 4) is 0 Å². The number of hydrogen-bond donors (Lipinski definition) is 1. The first kappa shape index (κ1) is 24.9. The summed E-state index contributed by atoms with van der Waals surface area (Å²) in [5.74, 6) is 0.978. The van der Waals surface area contributed by atoms with Gasteiger partial charge in [-0.1, -0.05) is 35.0 Å². The summed E-state index contributed by atoms with van der Waals surface area (Å²) in [7, 11) is 1.87. The average molecular weight is 554 g/mol. The number of halogens is 1. The normalized spacial score (nSPS) is 19.4. The summed E-state index contributed by atoms with van der Waals surface area (Å²) in [6.45, 7) is 11.2. The van der Waals surface area contributed by atoms with E-state index in [9.17, 15) is 0 Å². The molecule has 4 rings (SSSR count). The Balaban J connectivity index is 0.00000289. The van der Waals surface area contributed by atoms with E-state index < -0.39 is 0 Å². The molecule has 2 saturated heterocycles. The van der Waals surface area contributed by atoms with Crippen molar-refractivity contribution in [2.45, 2.75) is 19.5 Å². The molecule has 32 heavy (non-hydrogen) atoms. The molecule has 0 saturated carbocycles. The van der Waals surface area contributed by atoms with Gasteiger partial charge < -0.3 is 19.5 Å². The van der Waals surface area contributed by atoms with E-state index in [4.69, 9.17) is 9.26 Å². The van der Waals surface area contributed by atoms with E-state index in [1.54, 1.807) is 6.26 Å². The standard InChI is InChI=1S/C23H34N6O2.HI/c1-19-3-5-20(6-4-19)22(28-12-15-30-16-13-28)17-25-23(24-2)29-10-8-27(9-11-29)18-21-7-14-31-26-21;/h3-7,14,22H,8-13,15-18H2,1-2H3,(H,24,25);1H. The maximum atomic E-state index is 5.59. The molecule has 8 nitrogen and oxygen atoms in total. The molecule has 2 aromatic rings. The topological polar surface area (TPSA) is 69.4 Å². The Labute approximate surface area is 208 Å². The molecular weight excluding hydrogens is 519 g/mol. The van der Waals surface area contributed by atoms with Gasteiger partial charge in [0.2, 0.25) is 0 Å². The van der Waals surface area contributed by atoms with Crippen LogP contribution in [0.1, 0.15) is 22.9 Å². The molecule has 3 heterocycles. The van der Waals surface area contributed by atoms with Gasteiger partial charge in [0.15, 0.2) is 5.96 Å². The zero-order valence-electron chi connectivity index (χ0n) is 19.1. The van der Waals surface area contributed by atoms with Gasteiger partial charge in [0, 0.05) is 65.5 Å². The molecular formula is C23H35IN6O2. The fraction of sp³-hybridized carbons (Fsp3) is 0.565. The smallest absolute Gasteiger partial charge is 0.193 e. The third-order valence-electron chi connectivity index (χ3n) is 6.16. The van der Waals surface area contributed by atoms with Crippen molar-refractivity contribution < 1.29 is 9.26 Å². The minimum atomic E-state index is 0. The molecule has 2 aliphatic heterocycles. The molecule has 0 radical (unpaired) electrons. The molecule has 1 aromatic heterocycles. The number of nitrogens with one attached hydrogen (secondary N) is 1. The van der Waals surface area contributed by atoms with Crippen molar-refractivity contribution >= 4 is 29.9 Å². The SMILES string of the molecule is CN=C(NCC(c1ccc(C)cc1)N1CCOCC1)N1CCN(Cc2ccon2)CC1.I. The van der Waals surface area contributed by atoms with E-state index in [0.717, 1.165) is 77.2 Å². The van der Waals surface area contributed by atoms with E-state index in [1.807, 2.05) is 13.1 Å². The number of hydrogen-bond acceptors (Lipinski definition) is 6. The Morgan fingerprint density at radius 3 is 2.41 bits per heavy atom. The Morgan fingerprint density at radius 1 is 1.06 bits per heavy atom. The molecule has 176 valence electrons. The zero-order chi connectivity index (χ0) is 21.5. The number of morpholine rings is 1. The predicted molar refractivity (Wildman–Crippen MR) is 136 cm³/mol. The molecule has 1 aromatic carbocycles. The minimum Gasteiger partial charge on any atom is -0.379 e. The summed E-state index contributed by atoms with van der Waals surface area (Å²) in [6.07, 6.45) is 1.64. The van der Waals surface area contributed by atoms with Crippen molar-refractivity contribution in [1.29, 1.82) is 0 Å². The Bertz CT molecular complexity index is 816. The van der Waals surface area contributed by atoms with Crippen LogP contribution in [0.2, 0.25) is 0 Å².